The molecule has 0 saturated carbocycles. The van der Waals surface area contributed by atoms with Crippen molar-refractivity contribution < 1.29 is 27.5 Å². The fraction of sp³-hybridized carbons (Fsp3) is 0.118. The normalized spacial score (nSPS) is 12.4. The van der Waals surface area contributed by atoms with E-state index in [1.54, 1.807) is 48.5 Å². The summed E-state index contributed by atoms with van der Waals surface area (Å²) in [6.07, 6.45) is -4.23. The molecule has 0 saturated heterocycles. The molecular formula is C34H25F3N2O4. The maximum atomic E-state index is 13.5. The number of benzene rings is 4. The predicted octanol–water partition coefficient (Wildman–Crippen LogP) is 7.15. The summed E-state index contributed by atoms with van der Waals surface area (Å²) in [6, 6.07) is 27.2. The van der Waals surface area contributed by atoms with E-state index in [1.165, 1.54) is 12.1 Å². The SMILES string of the molecule is O=C(NCCc1c(C(c2ccc(C(F)(F)F)cc2)c2c(O)c3ccccc3oc2=O)[nH]c2ccccc12)c1ccccc1. The fourth-order valence-electron chi connectivity index (χ4n) is 5.47. The van der Waals surface area contributed by atoms with Crippen LogP contribution in [0.25, 0.3) is 21.9 Å². The molecule has 4 aromatic carbocycles. The summed E-state index contributed by atoms with van der Waals surface area (Å²) in [4.78, 5) is 29.6. The van der Waals surface area contributed by atoms with Crippen LogP contribution < -0.4 is 10.9 Å². The quantitative estimate of drug-likeness (QED) is 0.174. The number of amides is 1. The summed E-state index contributed by atoms with van der Waals surface area (Å²) in [7, 11) is 0. The number of alkyl halides is 3. The van der Waals surface area contributed by atoms with Gasteiger partial charge in [-0.25, -0.2) is 4.79 Å². The zero-order valence-corrected chi connectivity index (χ0v) is 22.6. The van der Waals surface area contributed by atoms with Gasteiger partial charge in [-0.2, -0.15) is 13.2 Å². The van der Waals surface area contributed by atoms with E-state index in [0.717, 1.165) is 28.6 Å². The van der Waals surface area contributed by atoms with E-state index in [-0.39, 0.29) is 29.3 Å². The number of aromatic amines is 1. The molecule has 6 rings (SSSR count). The number of para-hydroxylation sites is 2. The number of carbonyl (C=O) groups is 1. The van der Waals surface area contributed by atoms with Crippen LogP contribution in [-0.4, -0.2) is 22.5 Å². The van der Waals surface area contributed by atoms with Gasteiger partial charge in [-0.1, -0.05) is 60.7 Å². The lowest BCUT2D eigenvalue weighted by Gasteiger charge is -2.20. The molecule has 0 radical (unpaired) electrons. The molecule has 2 heterocycles. The van der Waals surface area contributed by atoms with E-state index in [4.69, 9.17) is 4.42 Å². The molecule has 0 bridgehead atoms. The molecule has 1 atom stereocenters. The molecule has 3 N–H and O–H groups in total. The maximum Gasteiger partial charge on any atom is 0.416 e. The number of fused-ring (bicyclic) bond motifs is 2. The van der Waals surface area contributed by atoms with Crippen molar-refractivity contribution in [1.82, 2.24) is 10.3 Å². The molecule has 0 aliphatic heterocycles. The first-order valence-corrected chi connectivity index (χ1v) is 13.6. The second-order valence-corrected chi connectivity index (χ2v) is 10.1. The van der Waals surface area contributed by atoms with Crippen molar-refractivity contribution >= 4 is 27.8 Å². The minimum Gasteiger partial charge on any atom is -0.507 e. The summed E-state index contributed by atoms with van der Waals surface area (Å²) < 4.78 is 45.9. The minimum absolute atomic E-state index is 0.111. The molecule has 0 spiro atoms. The minimum atomic E-state index is -4.55. The van der Waals surface area contributed by atoms with Gasteiger partial charge in [-0.15, -0.1) is 0 Å². The number of rotatable bonds is 7. The Morgan fingerprint density at radius 3 is 2.23 bits per heavy atom. The Hall–Kier alpha value is -5.31. The number of aromatic nitrogens is 1. The van der Waals surface area contributed by atoms with Crippen LogP contribution in [0.3, 0.4) is 0 Å². The Labute approximate surface area is 243 Å². The third-order valence-electron chi connectivity index (χ3n) is 7.51. The summed E-state index contributed by atoms with van der Waals surface area (Å²) >= 11 is 0. The maximum absolute atomic E-state index is 13.5. The van der Waals surface area contributed by atoms with E-state index in [1.807, 2.05) is 30.3 Å². The number of hydrogen-bond acceptors (Lipinski definition) is 4. The lowest BCUT2D eigenvalue weighted by molar-refractivity contribution is -0.137. The van der Waals surface area contributed by atoms with Gasteiger partial charge in [-0.3, -0.25) is 4.79 Å². The highest BCUT2D eigenvalue weighted by atomic mass is 19.4. The number of nitrogens with one attached hydrogen (secondary N) is 2. The molecule has 2 aromatic heterocycles. The smallest absolute Gasteiger partial charge is 0.416 e. The third-order valence-corrected chi connectivity index (χ3v) is 7.51. The number of aromatic hydroxyl groups is 1. The predicted molar refractivity (Wildman–Crippen MR) is 157 cm³/mol. The van der Waals surface area contributed by atoms with Crippen LogP contribution in [0.15, 0.2) is 112 Å². The highest BCUT2D eigenvalue weighted by Crippen LogP contribution is 2.42. The van der Waals surface area contributed by atoms with Crippen molar-refractivity contribution in [2.75, 3.05) is 6.54 Å². The Morgan fingerprint density at radius 2 is 1.51 bits per heavy atom. The van der Waals surface area contributed by atoms with Crippen LogP contribution in [0.1, 0.15) is 44.2 Å². The highest BCUT2D eigenvalue weighted by molar-refractivity contribution is 5.94. The van der Waals surface area contributed by atoms with Gasteiger partial charge >= 0.3 is 11.8 Å². The average Bonchev–Trinajstić information content (AvgIpc) is 3.37. The molecule has 9 heteroatoms. The number of halogens is 3. The van der Waals surface area contributed by atoms with Crippen molar-refractivity contribution in [1.29, 1.82) is 0 Å². The van der Waals surface area contributed by atoms with Gasteiger partial charge in [0.25, 0.3) is 5.91 Å². The Morgan fingerprint density at radius 1 is 0.860 bits per heavy atom. The molecule has 1 unspecified atom stereocenters. The molecule has 0 aliphatic rings. The molecule has 6 aromatic rings. The Bertz CT molecular complexity index is 2000. The van der Waals surface area contributed by atoms with Gasteiger partial charge in [-0.05, 0) is 60.0 Å². The number of hydrogen-bond donors (Lipinski definition) is 3. The topological polar surface area (TPSA) is 95.3 Å². The van der Waals surface area contributed by atoms with E-state index in [2.05, 4.69) is 10.3 Å². The summed E-state index contributed by atoms with van der Waals surface area (Å²) in [5.41, 5.74) is 1.21. The van der Waals surface area contributed by atoms with Crippen molar-refractivity contribution in [2.24, 2.45) is 0 Å². The molecule has 0 fully saturated rings. The van der Waals surface area contributed by atoms with Crippen molar-refractivity contribution in [3.8, 4) is 5.75 Å². The monoisotopic (exact) mass is 582 g/mol. The zero-order valence-electron chi connectivity index (χ0n) is 22.6. The first kappa shape index (κ1) is 27.8. The number of carbonyl (C=O) groups excluding carboxylic acids is 1. The van der Waals surface area contributed by atoms with Crippen LogP contribution in [0.5, 0.6) is 5.75 Å². The van der Waals surface area contributed by atoms with Crippen molar-refractivity contribution in [3.63, 3.8) is 0 Å². The second kappa shape index (κ2) is 11.2. The third kappa shape index (κ3) is 5.37. The van der Waals surface area contributed by atoms with Crippen LogP contribution >= 0.6 is 0 Å². The Kier molecular flexibility index (Phi) is 7.23. The molecule has 1 amide bonds. The van der Waals surface area contributed by atoms with Gasteiger partial charge in [0, 0.05) is 28.7 Å². The average molecular weight is 583 g/mol. The Balaban J connectivity index is 1.50. The first-order chi connectivity index (χ1) is 20.7. The molecule has 6 nitrogen and oxygen atoms in total. The summed E-state index contributed by atoms with van der Waals surface area (Å²) in [5.74, 6) is -1.59. The highest BCUT2D eigenvalue weighted by Gasteiger charge is 2.33. The van der Waals surface area contributed by atoms with E-state index in [9.17, 15) is 27.9 Å². The molecular weight excluding hydrogens is 557 g/mol. The fourth-order valence-corrected chi connectivity index (χ4v) is 5.47. The van der Waals surface area contributed by atoms with E-state index in [0.29, 0.717) is 28.6 Å². The largest absolute Gasteiger partial charge is 0.507 e. The van der Waals surface area contributed by atoms with Crippen LogP contribution in [-0.2, 0) is 12.6 Å². The van der Waals surface area contributed by atoms with Crippen LogP contribution in [0.2, 0.25) is 0 Å². The lowest BCUT2D eigenvalue weighted by Crippen LogP contribution is -2.26. The second-order valence-electron chi connectivity index (χ2n) is 10.1. The van der Waals surface area contributed by atoms with Crippen LogP contribution in [0.4, 0.5) is 13.2 Å². The standard InChI is InChI=1S/C34H25F3N2O4/c35-34(36,37)22-16-14-20(15-17-22)28(29-31(40)25-11-5-7-13-27(25)43-33(29)42)30-24(23-10-4-6-12-26(23)39-30)18-19-38-32(41)21-8-2-1-3-9-21/h1-17,28,39-40H,18-19H2,(H,38,41). The summed E-state index contributed by atoms with van der Waals surface area (Å²) in [6.45, 7) is 0.237. The summed E-state index contributed by atoms with van der Waals surface area (Å²) in [5, 5.41) is 15.5. The molecule has 216 valence electrons. The van der Waals surface area contributed by atoms with Gasteiger partial charge in [0.15, 0.2) is 0 Å². The van der Waals surface area contributed by atoms with Crippen LogP contribution in [0, 0.1) is 0 Å². The van der Waals surface area contributed by atoms with E-state index < -0.39 is 23.3 Å². The molecule has 43 heavy (non-hydrogen) atoms. The van der Waals surface area contributed by atoms with Crippen molar-refractivity contribution in [3.05, 3.63) is 147 Å². The van der Waals surface area contributed by atoms with Gasteiger partial charge in [0.05, 0.1) is 22.4 Å². The first-order valence-electron chi connectivity index (χ1n) is 13.6. The van der Waals surface area contributed by atoms with E-state index >= 15 is 0 Å². The van der Waals surface area contributed by atoms with Crippen molar-refractivity contribution in [2.45, 2.75) is 18.5 Å². The van der Waals surface area contributed by atoms with Gasteiger partial charge in [0.1, 0.15) is 11.3 Å². The lowest BCUT2D eigenvalue weighted by atomic mass is 9.85. The zero-order chi connectivity index (χ0) is 30.1. The van der Waals surface area contributed by atoms with Gasteiger partial charge < -0.3 is 19.8 Å². The number of H-pyrrole nitrogens is 1. The van der Waals surface area contributed by atoms with Gasteiger partial charge in [0.2, 0.25) is 0 Å². The molecule has 0 aliphatic carbocycles.